The maximum atomic E-state index is 13.3. The number of hydrogen-bond acceptors (Lipinski definition) is 9. The van der Waals surface area contributed by atoms with E-state index in [1.165, 1.54) is 12.8 Å². The normalized spacial score (nSPS) is 44.5. The highest BCUT2D eigenvalue weighted by Crippen LogP contribution is 2.40. The number of methoxy groups -OCH3 is 1. The minimum atomic E-state index is -4.21. The van der Waals surface area contributed by atoms with Crippen molar-refractivity contribution in [3.8, 4) is 0 Å². The van der Waals surface area contributed by atoms with Crippen LogP contribution >= 0.6 is 0 Å². The first-order valence-corrected chi connectivity index (χ1v) is 15.4. The molecule has 9 atom stereocenters. The molecule has 41 heavy (non-hydrogen) atoms. The standard InChI is InChI=1S/C27H49F3N10O/c1-32-26-35-20(15-9-10-15)19(24(37-26)41-4)21-33-11-17-23(36-21)40(25(31)39(17)3)12-14-5-7-16(8-6-14)22-34-18(13-38(22)2)27(28,29)30/h14-24,26,31-37H,5-13H2,1-4H3. The average Bonchev–Trinajstić information content (AvgIpc) is 3.70. The molecule has 0 amide bonds. The third kappa shape index (κ3) is 5.83. The number of fused-ring (bicyclic) bond motifs is 1. The van der Waals surface area contributed by atoms with E-state index in [2.05, 4.69) is 41.7 Å². The first-order chi connectivity index (χ1) is 19.6. The average molecular weight is 587 g/mol. The number of nitrogens with zero attached hydrogens (tertiary/aromatic N) is 3. The maximum Gasteiger partial charge on any atom is 0.405 e. The highest BCUT2D eigenvalue weighted by molar-refractivity contribution is 5.80. The van der Waals surface area contributed by atoms with Crippen molar-refractivity contribution in [1.29, 1.82) is 5.41 Å². The van der Waals surface area contributed by atoms with Crippen LogP contribution in [-0.4, -0.2) is 124 Å². The Morgan fingerprint density at radius 3 is 2.29 bits per heavy atom. The van der Waals surface area contributed by atoms with Crippen LogP contribution in [0.1, 0.15) is 38.5 Å². The molecular weight excluding hydrogens is 537 g/mol. The molecular formula is C27H49F3N10O. The van der Waals surface area contributed by atoms with Crippen LogP contribution in [0.4, 0.5) is 13.2 Å². The number of nitrogens with one attached hydrogen (secondary N) is 7. The molecule has 0 radical (unpaired) electrons. The van der Waals surface area contributed by atoms with Crippen LogP contribution in [0.5, 0.6) is 0 Å². The molecule has 4 heterocycles. The lowest BCUT2D eigenvalue weighted by molar-refractivity contribution is -0.150. The van der Waals surface area contributed by atoms with Crippen molar-refractivity contribution >= 4 is 5.96 Å². The van der Waals surface area contributed by atoms with Crippen LogP contribution in [0.3, 0.4) is 0 Å². The van der Waals surface area contributed by atoms with Crippen molar-refractivity contribution in [3.63, 3.8) is 0 Å². The molecule has 0 aromatic carbocycles. The van der Waals surface area contributed by atoms with Crippen molar-refractivity contribution in [2.24, 2.45) is 23.7 Å². The number of hydrogen-bond donors (Lipinski definition) is 7. The highest BCUT2D eigenvalue weighted by atomic mass is 19.4. The summed E-state index contributed by atoms with van der Waals surface area (Å²) in [5, 5.41) is 30.1. The molecule has 0 aromatic rings. The molecule has 6 fully saturated rings. The topological polar surface area (TPSA) is 115 Å². The Kier molecular flexibility index (Phi) is 8.49. The van der Waals surface area contributed by atoms with Crippen LogP contribution < -0.4 is 31.9 Å². The van der Waals surface area contributed by atoms with E-state index in [9.17, 15) is 13.2 Å². The Bertz CT molecular complexity index is 932. The molecule has 2 saturated carbocycles. The second-order valence-corrected chi connectivity index (χ2v) is 13.2. The summed E-state index contributed by atoms with van der Waals surface area (Å²) in [4.78, 5) is 6.15. The van der Waals surface area contributed by atoms with Crippen molar-refractivity contribution in [1.82, 2.24) is 46.6 Å². The number of likely N-dealkylation sites (N-methyl/N-ethyl adjacent to an activating group) is 2. The van der Waals surface area contributed by atoms with Crippen LogP contribution in [-0.2, 0) is 4.74 Å². The quantitative estimate of drug-likeness (QED) is 0.221. The minimum Gasteiger partial charge on any atom is -0.366 e. The van der Waals surface area contributed by atoms with Gasteiger partial charge in [0.1, 0.15) is 24.7 Å². The molecule has 0 aromatic heterocycles. The molecule has 4 saturated heterocycles. The summed E-state index contributed by atoms with van der Waals surface area (Å²) in [6.07, 6.45) is 1.69. The zero-order valence-corrected chi connectivity index (χ0v) is 24.7. The zero-order valence-electron chi connectivity index (χ0n) is 24.7. The van der Waals surface area contributed by atoms with Gasteiger partial charge in [0.05, 0.1) is 18.4 Å². The zero-order chi connectivity index (χ0) is 29.1. The van der Waals surface area contributed by atoms with Crippen molar-refractivity contribution in [3.05, 3.63) is 0 Å². The summed E-state index contributed by atoms with van der Waals surface area (Å²) >= 11 is 0. The lowest BCUT2D eigenvalue weighted by Crippen LogP contribution is -2.76. The first-order valence-electron chi connectivity index (χ1n) is 15.4. The smallest absolute Gasteiger partial charge is 0.366 e. The number of alkyl halides is 3. The van der Waals surface area contributed by atoms with Gasteiger partial charge in [-0.2, -0.15) is 13.2 Å². The van der Waals surface area contributed by atoms with E-state index < -0.39 is 12.2 Å². The Balaban J connectivity index is 1.09. The van der Waals surface area contributed by atoms with Crippen LogP contribution in [0.25, 0.3) is 0 Å². The summed E-state index contributed by atoms with van der Waals surface area (Å²) < 4.78 is 45.9. The van der Waals surface area contributed by atoms with Gasteiger partial charge >= 0.3 is 6.18 Å². The van der Waals surface area contributed by atoms with E-state index >= 15 is 0 Å². The second kappa shape index (κ2) is 11.7. The Hall–Kier alpha value is -1.26. The van der Waals surface area contributed by atoms with Crippen molar-refractivity contribution in [2.45, 2.75) is 93.8 Å². The molecule has 6 rings (SSSR count). The van der Waals surface area contributed by atoms with Gasteiger partial charge in [0.15, 0.2) is 5.96 Å². The lowest BCUT2D eigenvalue weighted by Gasteiger charge is -2.50. The molecule has 7 N–H and O–H groups in total. The SMILES string of the molecule is CNC1NC(OC)C(C2NCC3C(N2)N(CC2CCC(C4NC(C(F)(F)F)CN4C)CC2)C(=N)N3C)C(C2CC2)N1. The molecule has 11 nitrogen and oxygen atoms in total. The molecule has 0 bridgehead atoms. The van der Waals surface area contributed by atoms with Crippen molar-refractivity contribution < 1.29 is 17.9 Å². The number of ether oxygens (including phenoxy) is 1. The summed E-state index contributed by atoms with van der Waals surface area (Å²) in [6, 6.07) is -0.981. The monoisotopic (exact) mass is 586 g/mol. The van der Waals surface area contributed by atoms with Gasteiger partial charge in [0, 0.05) is 45.8 Å². The van der Waals surface area contributed by atoms with Gasteiger partial charge < -0.3 is 14.5 Å². The highest BCUT2D eigenvalue weighted by Gasteiger charge is 2.53. The van der Waals surface area contributed by atoms with E-state index in [1.54, 1.807) is 14.2 Å². The fourth-order valence-corrected chi connectivity index (χ4v) is 8.24. The Labute approximate surface area is 241 Å². The van der Waals surface area contributed by atoms with Crippen LogP contribution in [0, 0.1) is 29.1 Å². The van der Waals surface area contributed by atoms with Gasteiger partial charge in [-0.25, -0.2) is 0 Å². The van der Waals surface area contributed by atoms with Gasteiger partial charge in [-0.15, -0.1) is 0 Å². The number of halogens is 3. The van der Waals surface area contributed by atoms with Gasteiger partial charge in [0.25, 0.3) is 0 Å². The predicted octanol–water partition coefficient (Wildman–Crippen LogP) is 0.0437. The molecule has 6 aliphatic rings. The third-order valence-electron chi connectivity index (χ3n) is 10.7. The second-order valence-electron chi connectivity index (χ2n) is 13.2. The number of guanidine groups is 1. The molecule has 2 aliphatic carbocycles. The molecule has 14 heteroatoms. The van der Waals surface area contributed by atoms with Crippen LogP contribution in [0.15, 0.2) is 0 Å². The molecule has 9 unspecified atom stereocenters. The molecule has 4 aliphatic heterocycles. The fraction of sp³-hybridized carbons (Fsp3) is 0.963. The Morgan fingerprint density at radius 1 is 0.976 bits per heavy atom. The molecule has 234 valence electrons. The van der Waals surface area contributed by atoms with Gasteiger partial charge in [0.2, 0.25) is 0 Å². The third-order valence-corrected chi connectivity index (χ3v) is 10.7. The largest absolute Gasteiger partial charge is 0.405 e. The van der Waals surface area contributed by atoms with Crippen LogP contribution in [0.2, 0.25) is 0 Å². The van der Waals surface area contributed by atoms with Gasteiger partial charge in [-0.3, -0.25) is 42.2 Å². The summed E-state index contributed by atoms with van der Waals surface area (Å²) in [6.45, 7) is 1.59. The van der Waals surface area contributed by atoms with Gasteiger partial charge in [-0.1, -0.05) is 0 Å². The van der Waals surface area contributed by atoms with E-state index in [4.69, 9.17) is 10.1 Å². The summed E-state index contributed by atoms with van der Waals surface area (Å²) in [7, 11) is 7.51. The lowest BCUT2D eigenvalue weighted by atomic mass is 9.80. The number of rotatable bonds is 7. The first kappa shape index (κ1) is 29.8. The van der Waals surface area contributed by atoms with Crippen molar-refractivity contribution in [2.75, 3.05) is 47.9 Å². The Morgan fingerprint density at radius 2 is 1.68 bits per heavy atom. The fourth-order valence-electron chi connectivity index (χ4n) is 8.24. The minimum absolute atomic E-state index is 0.00544. The van der Waals surface area contributed by atoms with E-state index in [0.29, 0.717) is 23.8 Å². The summed E-state index contributed by atoms with van der Waals surface area (Å²) in [5.74, 6) is 1.98. The molecule has 0 spiro atoms. The predicted molar refractivity (Wildman–Crippen MR) is 149 cm³/mol. The summed E-state index contributed by atoms with van der Waals surface area (Å²) in [5.41, 5.74) is 0. The van der Waals surface area contributed by atoms with E-state index in [1.807, 2.05) is 19.0 Å². The van der Waals surface area contributed by atoms with E-state index in [-0.39, 0.29) is 55.4 Å². The van der Waals surface area contributed by atoms with Gasteiger partial charge in [-0.05, 0) is 70.4 Å². The maximum absolute atomic E-state index is 13.3. The van der Waals surface area contributed by atoms with E-state index in [0.717, 1.165) is 38.8 Å².